The molecule has 0 aromatic heterocycles. The minimum absolute atomic E-state index is 0.0688. The van der Waals surface area contributed by atoms with Gasteiger partial charge in [-0.3, -0.25) is 4.79 Å². The summed E-state index contributed by atoms with van der Waals surface area (Å²) in [5, 5.41) is 0. The van der Waals surface area contributed by atoms with E-state index in [0.717, 1.165) is 25.0 Å². The van der Waals surface area contributed by atoms with Gasteiger partial charge in [-0.25, -0.2) is 0 Å². The fourth-order valence-corrected chi connectivity index (χ4v) is 2.83. The molecule has 3 nitrogen and oxygen atoms in total. The van der Waals surface area contributed by atoms with E-state index in [9.17, 15) is 4.79 Å². The van der Waals surface area contributed by atoms with E-state index >= 15 is 0 Å². The Morgan fingerprint density at radius 3 is 2.73 bits per heavy atom. The number of nitrogens with two attached hydrogens (primary N) is 1. The van der Waals surface area contributed by atoms with Crippen LogP contribution in [0.2, 0.25) is 0 Å². The van der Waals surface area contributed by atoms with Crippen LogP contribution in [0.25, 0.3) is 0 Å². The minimum atomic E-state index is 0.0688. The van der Waals surface area contributed by atoms with Crippen molar-refractivity contribution < 1.29 is 4.79 Å². The summed E-state index contributed by atoms with van der Waals surface area (Å²) in [5.41, 5.74) is 5.94. The van der Waals surface area contributed by atoms with Crippen LogP contribution in [0.3, 0.4) is 0 Å². The van der Waals surface area contributed by atoms with Crippen molar-refractivity contribution in [3.8, 4) is 0 Å². The maximum atomic E-state index is 12.1. The zero-order valence-electron chi connectivity index (χ0n) is 9.90. The van der Waals surface area contributed by atoms with Gasteiger partial charge in [0.05, 0.1) is 5.92 Å². The number of carbonyl (C=O) groups excluding carboxylic acids is 1. The Morgan fingerprint density at radius 2 is 2.27 bits per heavy atom. The molecule has 2 N–H and O–H groups in total. The first kappa shape index (κ1) is 12.8. The number of nitrogens with zero attached hydrogens (tertiary/aromatic N) is 1. The van der Waals surface area contributed by atoms with E-state index in [1.54, 1.807) is 11.8 Å². The molecular weight excluding hydrogens is 208 g/mol. The van der Waals surface area contributed by atoms with Gasteiger partial charge in [-0.1, -0.05) is 6.42 Å². The van der Waals surface area contributed by atoms with Gasteiger partial charge in [-0.2, -0.15) is 11.8 Å². The Hall–Kier alpha value is -0.220. The number of thioether (sulfide) groups is 1. The van der Waals surface area contributed by atoms with Gasteiger partial charge in [0.25, 0.3) is 0 Å². The second-order valence-corrected chi connectivity index (χ2v) is 5.37. The summed E-state index contributed by atoms with van der Waals surface area (Å²) in [6.07, 6.45) is 5.13. The summed E-state index contributed by atoms with van der Waals surface area (Å²) in [6.45, 7) is 2.09. The van der Waals surface area contributed by atoms with Crippen molar-refractivity contribution >= 4 is 17.7 Å². The number of rotatable bonds is 4. The lowest BCUT2D eigenvalue weighted by Crippen LogP contribution is -2.44. The van der Waals surface area contributed by atoms with Crippen LogP contribution in [0.15, 0.2) is 0 Å². The van der Waals surface area contributed by atoms with Gasteiger partial charge in [0.1, 0.15) is 0 Å². The van der Waals surface area contributed by atoms with Crippen LogP contribution in [-0.4, -0.2) is 41.9 Å². The second-order valence-electron chi connectivity index (χ2n) is 4.45. The van der Waals surface area contributed by atoms with Gasteiger partial charge < -0.3 is 10.6 Å². The van der Waals surface area contributed by atoms with Crippen LogP contribution in [0.5, 0.6) is 0 Å². The van der Waals surface area contributed by atoms with Crippen molar-refractivity contribution in [2.75, 3.05) is 19.1 Å². The van der Waals surface area contributed by atoms with Crippen molar-refractivity contribution in [1.29, 1.82) is 0 Å². The monoisotopic (exact) mass is 230 g/mol. The Labute approximate surface area is 96.8 Å². The quantitative estimate of drug-likeness (QED) is 0.792. The molecule has 0 bridgehead atoms. The van der Waals surface area contributed by atoms with E-state index in [1.165, 1.54) is 0 Å². The molecule has 15 heavy (non-hydrogen) atoms. The average Bonchev–Trinajstić information content (AvgIpc) is 2.62. The Morgan fingerprint density at radius 1 is 1.60 bits per heavy atom. The van der Waals surface area contributed by atoms with E-state index in [4.69, 9.17) is 5.73 Å². The van der Waals surface area contributed by atoms with Crippen LogP contribution in [0.4, 0.5) is 0 Å². The second kappa shape index (κ2) is 5.75. The van der Waals surface area contributed by atoms with E-state index in [2.05, 4.69) is 13.2 Å². The maximum Gasteiger partial charge on any atom is 0.227 e. The molecule has 1 saturated carbocycles. The molecular formula is C11H22N2OS. The standard InChI is InChI=1S/C11H22N2OS/c1-8(7-15-3)13(2)11(14)9-5-4-6-10(9)12/h8-10H,4-7,12H2,1-3H3. The van der Waals surface area contributed by atoms with Crippen LogP contribution in [0.1, 0.15) is 26.2 Å². The third-order valence-corrected chi connectivity index (χ3v) is 4.12. The summed E-state index contributed by atoms with van der Waals surface area (Å²) in [6, 6.07) is 0.390. The lowest BCUT2D eigenvalue weighted by Gasteiger charge is -2.28. The number of hydrogen-bond donors (Lipinski definition) is 1. The van der Waals surface area contributed by atoms with Gasteiger partial charge in [-0.15, -0.1) is 0 Å². The van der Waals surface area contributed by atoms with Crippen LogP contribution < -0.4 is 5.73 Å². The highest BCUT2D eigenvalue weighted by molar-refractivity contribution is 7.98. The first-order chi connectivity index (χ1) is 7.07. The van der Waals surface area contributed by atoms with Crippen LogP contribution in [0, 0.1) is 5.92 Å². The minimum Gasteiger partial charge on any atom is -0.342 e. The van der Waals surface area contributed by atoms with Crippen molar-refractivity contribution in [2.24, 2.45) is 11.7 Å². The van der Waals surface area contributed by atoms with E-state index in [-0.39, 0.29) is 17.9 Å². The predicted molar refractivity (Wildman–Crippen MR) is 65.9 cm³/mol. The topological polar surface area (TPSA) is 46.3 Å². The molecule has 0 radical (unpaired) electrons. The molecule has 3 atom stereocenters. The van der Waals surface area contributed by atoms with Gasteiger partial charge in [-0.05, 0) is 26.0 Å². The normalized spacial score (nSPS) is 27.7. The first-order valence-corrected chi connectivity index (χ1v) is 6.98. The molecule has 1 amide bonds. The van der Waals surface area contributed by atoms with Crippen LogP contribution >= 0.6 is 11.8 Å². The van der Waals surface area contributed by atoms with Gasteiger partial charge in [0, 0.05) is 24.9 Å². The average molecular weight is 230 g/mol. The summed E-state index contributed by atoms with van der Waals surface area (Å²) in [7, 11) is 1.90. The fraction of sp³-hybridized carbons (Fsp3) is 0.909. The summed E-state index contributed by atoms with van der Waals surface area (Å²) >= 11 is 1.77. The predicted octanol–water partition coefficient (Wildman–Crippen LogP) is 1.32. The highest BCUT2D eigenvalue weighted by Crippen LogP contribution is 2.26. The Kier molecular flexibility index (Phi) is 4.93. The first-order valence-electron chi connectivity index (χ1n) is 5.59. The summed E-state index contributed by atoms with van der Waals surface area (Å²) < 4.78 is 0. The smallest absolute Gasteiger partial charge is 0.227 e. The van der Waals surface area contributed by atoms with E-state index < -0.39 is 0 Å². The molecule has 0 heterocycles. The fourth-order valence-electron chi connectivity index (χ4n) is 2.13. The molecule has 0 aromatic rings. The highest BCUT2D eigenvalue weighted by Gasteiger charge is 2.33. The third kappa shape index (κ3) is 3.11. The molecule has 4 heteroatoms. The van der Waals surface area contributed by atoms with Crippen LogP contribution in [-0.2, 0) is 4.79 Å². The molecule has 1 aliphatic carbocycles. The molecule has 0 aliphatic heterocycles. The Bertz CT molecular complexity index is 223. The molecule has 1 rings (SSSR count). The summed E-state index contributed by atoms with van der Waals surface area (Å²) in [4.78, 5) is 14.0. The largest absolute Gasteiger partial charge is 0.342 e. The van der Waals surface area contributed by atoms with Crippen molar-refractivity contribution in [1.82, 2.24) is 4.90 Å². The molecule has 1 aliphatic rings. The SMILES string of the molecule is CSCC(C)N(C)C(=O)C1CCCC1N. The number of amides is 1. The summed E-state index contributed by atoms with van der Waals surface area (Å²) in [5.74, 6) is 1.30. The number of carbonyl (C=O) groups is 1. The molecule has 0 spiro atoms. The zero-order valence-corrected chi connectivity index (χ0v) is 10.7. The Balaban J connectivity index is 2.51. The van der Waals surface area contributed by atoms with Gasteiger partial charge >= 0.3 is 0 Å². The maximum absolute atomic E-state index is 12.1. The molecule has 0 saturated heterocycles. The van der Waals surface area contributed by atoms with Crippen molar-refractivity contribution in [3.63, 3.8) is 0 Å². The molecule has 1 fully saturated rings. The van der Waals surface area contributed by atoms with Crippen molar-refractivity contribution in [3.05, 3.63) is 0 Å². The molecule has 0 aromatic carbocycles. The highest BCUT2D eigenvalue weighted by atomic mass is 32.2. The van der Waals surface area contributed by atoms with Gasteiger partial charge in [0.15, 0.2) is 0 Å². The zero-order chi connectivity index (χ0) is 11.4. The molecule has 3 unspecified atom stereocenters. The van der Waals surface area contributed by atoms with Crippen molar-refractivity contribution in [2.45, 2.75) is 38.3 Å². The lowest BCUT2D eigenvalue weighted by molar-refractivity contribution is -0.135. The lowest BCUT2D eigenvalue weighted by atomic mass is 10.0. The molecule has 88 valence electrons. The van der Waals surface area contributed by atoms with E-state index in [0.29, 0.717) is 6.04 Å². The third-order valence-electron chi connectivity index (χ3n) is 3.30. The van der Waals surface area contributed by atoms with E-state index in [1.807, 2.05) is 11.9 Å². The van der Waals surface area contributed by atoms with Gasteiger partial charge in [0.2, 0.25) is 5.91 Å². The number of hydrogen-bond acceptors (Lipinski definition) is 3.